The summed E-state index contributed by atoms with van der Waals surface area (Å²) in [6.45, 7) is 4.94. The van der Waals surface area contributed by atoms with E-state index in [9.17, 15) is 0 Å². The van der Waals surface area contributed by atoms with Crippen LogP contribution < -0.4 is 4.74 Å². The Bertz CT molecular complexity index is 616. The fraction of sp³-hybridized carbons (Fsp3) is 0.611. The molecule has 1 saturated carbocycles. The fourth-order valence-corrected chi connectivity index (χ4v) is 3.46. The number of aromatic nitrogens is 2. The second kappa shape index (κ2) is 6.69. The molecular weight excluding hydrogens is 274 g/mol. The molecule has 1 atom stereocenters. The molecule has 0 spiro atoms. The smallest absolute Gasteiger partial charge is 0.124 e. The standard InChI is InChI=1S/C18H27N3O/c1-4-22-15-10-11-16-17(12-15)20-18(19-16)13(2)21(3)14-8-6-5-7-9-14/h10-14H,4-9H2,1-3H3,(H,19,20). The number of hydrogen-bond donors (Lipinski definition) is 1. The molecule has 0 bridgehead atoms. The normalized spacial score (nSPS) is 18.0. The maximum Gasteiger partial charge on any atom is 0.124 e. The summed E-state index contributed by atoms with van der Waals surface area (Å²) in [5.41, 5.74) is 2.08. The molecule has 1 heterocycles. The van der Waals surface area contributed by atoms with Crippen LogP contribution in [0, 0.1) is 0 Å². The number of nitrogens with one attached hydrogen (secondary N) is 1. The SMILES string of the molecule is CCOc1ccc2nc(C(C)N(C)C3CCCCC3)[nH]c2c1. The van der Waals surface area contributed by atoms with Crippen LogP contribution in [-0.4, -0.2) is 34.6 Å². The van der Waals surface area contributed by atoms with Crippen molar-refractivity contribution >= 4 is 11.0 Å². The summed E-state index contributed by atoms with van der Waals surface area (Å²) in [4.78, 5) is 10.7. The second-order valence-electron chi connectivity index (χ2n) is 6.37. The van der Waals surface area contributed by atoms with E-state index in [0.29, 0.717) is 18.7 Å². The predicted octanol–water partition coefficient (Wildman–Crippen LogP) is 4.29. The van der Waals surface area contributed by atoms with Crippen LogP contribution in [0.1, 0.15) is 57.8 Å². The monoisotopic (exact) mass is 301 g/mol. The minimum absolute atomic E-state index is 0.311. The lowest BCUT2D eigenvalue weighted by molar-refractivity contribution is 0.142. The van der Waals surface area contributed by atoms with Crippen LogP contribution in [0.5, 0.6) is 5.75 Å². The van der Waals surface area contributed by atoms with Gasteiger partial charge in [-0.05, 0) is 45.9 Å². The molecule has 3 rings (SSSR count). The fourth-order valence-electron chi connectivity index (χ4n) is 3.46. The molecule has 1 aromatic heterocycles. The zero-order chi connectivity index (χ0) is 15.5. The van der Waals surface area contributed by atoms with Gasteiger partial charge in [-0.15, -0.1) is 0 Å². The molecule has 1 aliphatic carbocycles. The van der Waals surface area contributed by atoms with E-state index in [1.165, 1.54) is 32.1 Å². The van der Waals surface area contributed by atoms with Gasteiger partial charge in [-0.3, -0.25) is 4.90 Å². The van der Waals surface area contributed by atoms with Crippen molar-refractivity contribution in [3.63, 3.8) is 0 Å². The van der Waals surface area contributed by atoms with Crippen LogP contribution in [0.4, 0.5) is 0 Å². The van der Waals surface area contributed by atoms with Crippen LogP contribution in [0.2, 0.25) is 0 Å². The van der Waals surface area contributed by atoms with Crippen LogP contribution >= 0.6 is 0 Å². The molecule has 1 aliphatic rings. The highest BCUT2D eigenvalue weighted by atomic mass is 16.5. The van der Waals surface area contributed by atoms with Gasteiger partial charge < -0.3 is 9.72 Å². The van der Waals surface area contributed by atoms with Crippen LogP contribution in [0.25, 0.3) is 11.0 Å². The molecule has 0 aliphatic heterocycles. The first-order valence-electron chi connectivity index (χ1n) is 8.53. The molecule has 4 nitrogen and oxygen atoms in total. The van der Waals surface area contributed by atoms with Crippen molar-refractivity contribution in [2.45, 2.75) is 58.0 Å². The number of imidazole rings is 1. The summed E-state index contributed by atoms with van der Waals surface area (Å²) in [6, 6.07) is 7.07. The van der Waals surface area contributed by atoms with Gasteiger partial charge in [0.15, 0.2) is 0 Å². The molecule has 0 saturated heterocycles. The lowest BCUT2D eigenvalue weighted by Crippen LogP contribution is -2.35. The molecule has 1 N–H and O–H groups in total. The third-order valence-corrected chi connectivity index (χ3v) is 4.94. The average Bonchev–Trinajstić information content (AvgIpc) is 2.98. The third kappa shape index (κ3) is 3.12. The van der Waals surface area contributed by atoms with E-state index >= 15 is 0 Å². The number of rotatable bonds is 5. The van der Waals surface area contributed by atoms with Gasteiger partial charge in [0.25, 0.3) is 0 Å². The Morgan fingerprint density at radius 3 is 2.82 bits per heavy atom. The van der Waals surface area contributed by atoms with E-state index < -0.39 is 0 Å². The highest BCUT2D eigenvalue weighted by Gasteiger charge is 2.24. The number of aromatic amines is 1. The molecule has 0 radical (unpaired) electrons. The van der Waals surface area contributed by atoms with E-state index in [-0.39, 0.29) is 0 Å². The molecule has 4 heteroatoms. The van der Waals surface area contributed by atoms with E-state index in [2.05, 4.69) is 23.9 Å². The lowest BCUT2D eigenvalue weighted by Gasteiger charge is -2.34. The molecule has 0 amide bonds. The number of fused-ring (bicyclic) bond motifs is 1. The Morgan fingerprint density at radius 2 is 2.09 bits per heavy atom. The Hall–Kier alpha value is -1.55. The van der Waals surface area contributed by atoms with Crippen molar-refractivity contribution in [2.75, 3.05) is 13.7 Å². The number of hydrogen-bond acceptors (Lipinski definition) is 3. The maximum absolute atomic E-state index is 5.57. The van der Waals surface area contributed by atoms with Crippen molar-refractivity contribution in [1.29, 1.82) is 0 Å². The molecule has 1 fully saturated rings. The lowest BCUT2D eigenvalue weighted by atomic mass is 9.93. The number of nitrogens with zero attached hydrogens (tertiary/aromatic N) is 2. The molecule has 2 aromatic rings. The number of benzene rings is 1. The highest BCUT2D eigenvalue weighted by molar-refractivity contribution is 5.76. The summed E-state index contributed by atoms with van der Waals surface area (Å²) in [5, 5.41) is 0. The zero-order valence-corrected chi connectivity index (χ0v) is 13.9. The quantitative estimate of drug-likeness (QED) is 0.896. The van der Waals surface area contributed by atoms with E-state index in [1.54, 1.807) is 0 Å². The van der Waals surface area contributed by atoms with Crippen molar-refractivity contribution in [1.82, 2.24) is 14.9 Å². The van der Waals surface area contributed by atoms with Crippen LogP contribution in [0.3, 0.4) is 0 Å². The average molecular weight is 301 g/mol. The van der Waals surface area contributed by atoms with Crippen LogP contribution in [-0.2, 0) is 0 Å². The van der Waals surface area contributed by atoms with Gasteiger partial charge >= 0.3 is 0 Å². The van der Waals surface area contributed by atoms with Crippen molar-refractivity contribution < 1.29 is 4.74 Å². The molecule has 22 heavy (non-hydrogen) atoms. The first-order chi connectivity index (χ1) is 10.7. The van der Waals surface area contributed by atoms with Crippen LogP contribution in [0.15, 0.2) is 18.2 Å². The first-order valence-corrected chi connectivity index (χ1v) is 8.53. The van der Waals surface area contributed by atoms with Gasteiger partial charge in [0.05, 0.1) is 23.7 Å². The predicted molar refractivity (Wildman–Crippen MR) is 90.3 cm³/mol. The number of ether oxygens (including phenoxy) is 1. The van der Waals surface area contributed by atoms with E-state index in [4.69, 9.17) is 9.72 Å². The summed E-state index contributed by atoms with van der Waals surface area (Å²) in [5.74, 6) is 1.95. The van der Waals surface area contributed by atoms with E-state index in [1.807, 2.05) is 25.1 Å². The van der Waals surface area contributed by atoms with Gasteiger partial charge in [-0.1, -0.05) is 19.3 Å². The van der Waals surface area contributed by atoms with Gasteiger partial charge in [-0.2, -0.15) is 0 Å². The van der Waals surface area contributed by atoms with Crippen molar-refractivity contribution in [2.24, 2.45) is 0 Å². The Kier molecular flexibility index (Phi) is 4.67. The molecule has 120 valence electrons. The van der Waals surface area contributed by atoms with Crippen molar-refractivity contribution in [3.05, 3.63) is 24.0 Å². The minimum Gasteiger partial charge on any atom is -0.494 e. The van der Waals surface area contributed by atoms with E-state index in [0.717, 1.165) is 22.6 Å². The van der Waals surface area contributed by atoms with Gasteiger partial charge in [0.1, 0.15) is 11.6 Å². The topological polar surface area (TPSA) is 41.1 Å². The molecule has 1 unspecified atom stereocenters. The minimum atomic E-state index is 0.311. The summed E-state index contributed by atoms with van der Waals surface area (Å²) in [7, 11) is 2.24. The van der Waals surface area contributed by atoms with Gasteiger partial charge in [0, 0.05) is 12.1 Å². The zero-order valence-electron chi connectivity index (χ0n) is 13.9. The Labute approximate surface area is 132 Å². The van der Waals surface area contributed by atoms with Gasteiger partial charge in [0.2, 0.25) is 0 Å². The summed E-state index contributed by atoms with van der Waals surface area (Å²) < 4.78 is 5.57. The number of H-pyrrole nitrogens is 1. The first kappa shape index (κ1) is 15.3. The third-order valence-electron chi connectivity index (χ3n) is 4.94. The highest BCUT2D eigenvalue weighted by Crippen LogP contribution is 2.29. The Balaban J connectivity index is 1.79. The van der Waals surface area contributed by atoms with Crippen molar-refractivity contribution in [3.8, 4) is 5.75 Å². The van der Waals surface area contributed by atoms with Gasteiger partial charge in [-0.25, -0.2) is 4.98 Å². The maximum atomic E-state index is 5.57. The molecule has 1 aromatic carbocycles. The summed E-state index contributed by atoms with van der Waals surface area (Å²) >= 11 is 0. The second-order valence-corrected chi connectivity index (χ2v) is 6.37. The molecular formula is C18H27N3O. The largest absolute Gasteiger partial charge is 0.494 e. The Morgan fingerprint density at radius 1 is 1.32 bits per heavy atom. The summed E-state index contributed by atoms with van der Waals surface area (Å²) in [6.07, 6.45) is 6.74.